The Hall–Kier alpha value is -2.04. The maximum atomic E-state index is 11.6. The van der Waals surface area contributed by atoms with Crippen molar-refractivity contribution in [2.24, 2.45) is 5.10 Å². The zero-order chi connectivity index (χ0) is 16.6. The van der Waals surface area contributed by atoms with Crippen LogP contribution in [0.1, 0.15) is 18.4 Å². The monoisotopic (exact) mass is 348 g/mol. The van der Waals surface area contributed by atoms with Gasteiger partial charge in [0, 0.05) is 5.02 Å². The van der Waals surface area contributed by atoms with E-state index in [4.69, 9.17) is 23.2 Å². The van der Waals surface area contributed by atoms with E-state index in [1.54, 1.807) is 23.2 Å². The molecule has 0 radical (unpaired) electrons. The first-order chi connectivity index (χ1) is 11.0. The Labute approximate surface area is 143 Å². The van der Waals surface area contributed by atoms with Gasteiger partial charge in [0.1, 0.15) is 0 Å². The number of hydrogen-bond donors (Lipinski definition) is 1. The Kier molecular flexibility index (Phi) is 4.28. The van der Waals surface area contributed by atoms with Crippen LogP contribution in [0.4, 0.5) is 5.69 Å². The van der Waals surface area contributed by atoms with Crippen LogP contribution in [0.25, 0.3) is 0 Å². The molecule has 0 spiro atoms. The van der Waals surface area contributed by atoms with Gasteiger partial charge in [0.15, 0.2) is 5.71 Å². The molecule has 0 amide bonds. The summed E-state index contributed by atoms with van der Waals surface area (Å²) in [5.74, 6) is -1.36. The van der Waals surface area contributed by atoms with Gasteiger partial charge in [0.2, 0.25) is 0 Å². The van der Waals surface area contributed by atoms with Crippen LogP contribution < -0.4 is 5.01 Å². The van der Waals surface area contributed by atoms with Crippen molar-refractivity contribution >= 4 is 40.6 Å². The Morgan fingerprint density at radius 1 is 1.17 bits per heavy atom. The predicted octanol–water partition coefficient (Wildman–Crippen LogP) is 4.43. The number of aliphatic carboxylic acids is 1. The molecule has 2 atom stereocenters. The van der Waals surface area contributed by atoms with E-state index in [0.29, 0.717) is 15.7 Å². The minimum Gasteiger partial charge on any atom is -0.477 e. The van der Waals surface area contributed by atoms with Gasteiger partial charge in [-0.2, -0.15) is 5.10 Å². The molecular formula is C17H14Cl2N2O2. The molecule has 2 aromatic rings. The van der Waals surface area contributed by atoms with Crippen molar-refractivity contribution in [2.75, 3.05) is 5.01 Å². The number of anilines is 1. The van der Waals surface area contributed by atoms with Crippen LogP contribution in [-0.4, -0.2) is 22.8 Å². The quantitative estimate of drug-likeness (QED) is 0.892. The first kappa shape index (κ1) is 15.8. The molecule has 4 nitrogen and oxygen atoms in total. The zero-order valence-corrected chi connectivity index (χ0v) is 13.8. The molecule has 1 N–H and O–H groups in total. The number of carboxylic acids is 1. The number of rotatable bonds is 3. The Morgan fingerprint density at radius 2 is 1.87 bits per heavy atom. The van der Waals surface area contributed by atoms with Crippen LogP contribution in [0.15, 0.2) is 53.6 Å². The summed E-state index contributed by atoms with van der Waals surface area (Å²) >= 11 is 12.2. The van der Waals surface area contributed by atoms with Crippen LogP contribution >= 0.6 is 23.2 Å². The van der Waals surface area contributed by atoms with Crippen LogP contribution in [0.3, 0.4) is 0 Å². The number of hydrogen-bond acceptors (Lipinski definition) is 3. The van der Waals surface area contributed by atoms with Gasteiger partial charge < -0.3 is 5.11 Å². The molecule has 1 aliphatic heterocycles. The molecule has 23 heavy (non-hydrogen) atoms. The molecule has 118 valence electrons. The molecule has 0 saturated heterocycles. The molecule has 0 saturated carbocycles. The van der Waals surface area contributed by atoms with Crippen LogP contribution in [0.5, 0.6) is 0 Å². The summed E-state index contributed by atoms with van der Waals surface area (Å²) in [5.41, 5.74) is 1.66. The third kappa shape index (κ3) is 2.92. The molecule has 6 heteroatoms. The van der Waals surface area contributed by atoms with Crippen molar-refractivity contribution in [3.63, 3.8) is 0 Å². The van der Waals surface area contributed by atoms with Crippen molar-refractivity contribution in [1.29, 1.82) is 0 Å². The maximum Gasteiger partial charge on any atom is 0.352 e. The topological polar surface area (TPSA) is 52.9 Å². The fourth-order valence-electron chi connectivity index (χ4n) is 2.85. The average molecular weight is 349 g/mol. The maximum absolute atomic E-state index is 11.6. The van der Waals surface area contributed by atoms with Crippen molar-refractivity contribution in [3.05, 3.63) is 64.1 Å². The van der Waals surface area contributed by atoms with E-state index in [9.17, 15) is 9.90 Å². The van der Waals surface area contributed by atoms with Crippen LogP contribution in [0, 0.1) is 0 Å². The Balaban J connectivity index is 2.06. The van der Waals surface area contributed by atoms with Gasteiger partial charge in [0.05, 0.1) is 22.7 Å². The number of benzene rings is 2. The molecule has 1 aliphatic rings. The average Bonchev–Trinajstić information content (AvgIpc) is 2.86. The second kappa shape index (κ2) is 6.22. The highest BCUT2D eigenvalue weighted by Crippen LogP contribution is 2.38. The van der Waals surface area contributed by atoms with E-state index in [2.05, 4.69) is 5.10 Å². The van der Waals surface area contributed by atoms with Gasteiger partial charge in [-0.05, 0) is 30.7 Å². The fraction of sp³-hybridized carbons (Fsp3) is 0.176. The molecule has 2 aromatic carbocycles. The molecule has 2 unspecified atom stereocenters. The standard InChI is InChI=1S/C17H14Cl2N2O2/c1-10-15(11-5-3-2-4-6-11)16(17(22)23)20-21(10)14-8-7-12(18)9-13(14)19/h2-10,15H,1H3,(H,22,23). The van der Waals surface area contributed by atoms with Gasteiger partial charge in [-0.3, -0.25) is 5.01 Å². The molecule has 0 aliphatic carbocycles. The van der Waals surface area contributed by atoms with E-state index in [1.807, 2.05) is 37.3 Å². The van der Waals surface area contributed by atoms with Gasteiger partial charge in [-0.1, -0.05) is 53.5 Å². The Bertz CT molecular complexity index is 777. The van der Waals surface area contributed by atoms with E-state index < -0.39 is 5.97 Å². The minimum atomic E-state index is -1.03. The first-order valence-corrected chi connectivity index (χ1v) is 7.85. The summed E-state index contributed by atoms with van der Waals surface area (Å²) < 4.78 is 0. The first-order valence-electron chi connectivity index (χ1n) is 7.10. The number of carboxylic acid groups (broad SMARTS) is 1. The lowest BCUT2D eigenvalue weighted by Gasteiger charge is -2.25. The van der Waals surface area contributed by atoms with Crippen molar-refractivity contribution in [3.8, 4) is 0 Å². The smallest absolute Gasteiger partial charge is 0.352 e. The second-order valence-corrected chi connectivity index (χ2v) is 6.20. The molecule has 1 heterocycles. The summed E-state index contributed by atoms with van der Waals surface area (Å²) in [6.45, 7) is 1.93. The van der Waals surface area contributed by atoms with Gasteiger partial charge >= 0.3 is 5.97 Å². The Morgan fingerprint density at radius 3 is 2.48 bits per heavy atom. The second-order valence-electron chi connectivity index (χ2n) is 5.36. The van der Waals surface area contributed by atoms with Gasteiger partial charge in [-0.15, -0.1) is 0 Å². The molecule has 0 aromatic heterocycles. The summed E-state index contributed by atoms with van der Waals surface area (Å²) in [5, 5.41) is 16.4. The van der Waals surface area contributed by atoms with Crippen LogP contribution in [-0.2, 0) is 4.79 Å². The highest BCUT2D eigenvalue weighted by Gasteiger charge is 2.40. The highest BCUT2D eigenvalue weighted by atomic mass is 35.5. The third-order valence-corrected chi connectivity index (χ3v) is 4.45. The number of carbonyl (C=O) groups is 1. The SMILES string of the molecule is CC1C(c2ccccc2)C(C(=O)O)=NN1c1ccc(Cl)cc1Cl. The van der Waals surface area contributed by atoms with E-state index >= 15 is 0 Å². The zero-order valence-electron chi connectivity index (χ0n) is 12.3. The number of nitrogens with zero attached hydrogens (tertiary/aromatic N) is 2. The number of halogens is 2. The lowest BCUT2D eigenvalue weighted by atomic mass is 9.89. The predicted molar refractivity (Wildman–Crippen MR) is 92.7 cm³/mol. The van der Waals surface area contributed by atoms with E-state index in [1.165, 1.54) is 0 Å². The normalized spacial score (nSPS) is 20.5. The van der Waals surface area contributed by atoms with E-state index in [0.717, 1.165) is 5.56 Å². The summed E-state index contributed by atoms with van der Waals surface area (Å²) in [6.07, 6.45) is 0. The molecular weight excluding hydrogens is 335 g/mol. The summed E-state index contributed by atoms with van der Waals surface area (Å²) in [7, 11) is 0. The fourth-order valence-corrected chi connectivity index (χ4v) is 3.35. The minimum absolute atomic E-state index is 0.106. The molecule has 0 bridgehead atoms. The van der Waals surface area contributed by atoms with Gasteiger partial charge in [-0.25, -0.2) is 4.79 Å². The largest absolute Gasteiger partial charge is 0.477 e. The van der Waals surface area contributed by atoms with Crippen molar-refractivity contribution in [1.82, 2.24) is 0 Å². The lowest BCUT2D eigenvalue weighted by Crippen LogP contribution is -2.30. The highest BCUT2D eigenvalue weighted by molar-refractivity contribution is 6.39. The molecule has 3 rings (SSSR count). The van der Waals surface area contributed by atoms with E-state index in [-0.39, 0.29) is 17.7 Å². The van der Waals surface area contributed by atoms with Crippen molar-refractivity contribution < 1.29 is 9.90 Å². The van der Waals surface area contributed by atoms with Crippen LogP contribution in [0.2, 0.25) is 10.0 Å². The summed E-state index contributed by atoms with van der Waals surface area (Å²) in [4.78, 5) is 11.6. The lowest BCUT2D eigenvalue weighted by molar-refractivity contribution is -0.129. The van der Waals surface area contributed by atoms with Crippen molar-refractivity contribution in [2.45, 2.75) is 18.9 Å². The molecule has 0 fully saturated rings. The third-order valence-electron chi connectivity index (χ3n) is 3.91. The number of hydrazone groups is 1. The van der Waals surface area contributed by atoms with Gasteiger partial charge in [0.25, 0.3) is 0 Å². The summed E-state index contributed by atoms with van der Waals surface area (Å²) in [6, 6.07) is 14.4.